The molecule has 1 unspecified atom stereocenters. The molecule has 0 aliphatic carbocycles. The van der Waals surface area contributed by atoms with Crippen LogP contribution in [0.15, 0.2) is 36.7 Å². The number of nitrogens with two attached hydrogens (primary N) is 1. The average Bonchev–Trinajstić information content (AvgIpc) is 2.36. The first-order valence-corrected chi connectivity index (χ1v) is 6.14. The molecule has 2 aromatic rings. The Balaban J connectivity index is 2.17. The summed E-state index contributed by atoms with van der Waals surface area (Å²) in [5, 5.41) is 0. The Morgan fingerprint density at radius 3 is 2.79 bits per heavy atom. The first kappa shape index (κ1) is 13.5. The molecular weight excluding hydrogens is 243 g/mol. The standard InChI is InChI=1S/C15H17FN2O/c1-10-3-4-14(11(2)17)15(5-10)19-9-12-6-13(16)8-18-7-12/h3-8,11H,9,17H2,1-2H3. The maximum atomic E-state index is 13.0. The second-order valence-electron chi connectivity index (χ2n) is 4.63. The maximum Gasteiger partial charge on any atom is 0.141 e. The summed E-state index contributed by atoms with van der Waals surface area (Å²) in [5.41, 5.74) is 8.63. The smallest absolute Gasteiger partial charge is 0.141 e. The van der Waals surface area contributed by atoms with E-state index in [1.165, 1.54) is 12.3 Å². The van der Waals surface area contributed by atoms with Gasteiger partial charge in [0, 0.05) is 23.4 Å². The van der Waals surface area contributed by atoms with Crippen molar-refractivity contribution in [2.24, 2.45) is 5.73 Å². The molecule has 0 spiro atoms. The van der Waals surface area contributed by atoms with E-state index in [9.17, 15) is 4.39 Å². The number of aromatic nitrogens is 1. The summed E-state index contributed by atoms with van der Waals surface area (Å²) in [6.45, 7) is 4.16. The van der Waals surface area contributed by atoms with E-state index in [2.05, 4.69) is 4.98 Å². The third kappa shape index (κ3) is 3.51. The molecule has 100 valence electrons. The number of benzene rings is 1. The number of hydrogen-bond acceptors (Lipinski definition) is 3. The Morgan fingerprint density at radius 2 is 2.11 bits per heavy atom. The van der Waals surface area contributed by atoms with Crippen LogP contribution in [0.3, 0.4) is 0 Å². The van der Waals surface area contributed by atoms with Gasteiger partial charge in [-0.1, -0.05) is 12.1 Å². The van der Waals surface area contributed by atoms with Crippen LogP contribution < -0.4 is 10.5 Å². The minimum atomic E-state index is -0.363. The Labute approximate surface area is 112 Å². The monoisotopic (exact) mass is 260 g/mol. The van der Waals surface area contributed by atoms with Gasteiger partial charge in [0.1, 0.15) is 18.2 Å². The number of pyridine rings is 1. The Morgan fingerprint density at radius 1 is 1.32 bits per heavy atom. The summed E-state index contributed by atoms with van der Waals surface area (Å²) in [4.78, 5) is 3.79. The first-order chi connectivity index (χ1) is 9.06. The van der Waals surface area contributed by atoms with Gasteiger partial charge in [-0.25, -0.2) is 4.39 Å². The van der Waals surface area contributed by atoms with Crippen molar-refractivity contribution in [2.75, 3.05) is 0 Å². The van der Waals surface area contributed by atoms with Crippen LogP contribution in [0.25, 0.3) is 0 Å². The van der Waals surface area contributed by atoms with Crippen LogP contribution in [0.2, 0.25) is 0 Å². The Bertz CT molecular complexity index is 570. The second kappa shape index (κ2) is 5.80. The van der Waals surface area contributed by atoms with Crippen molar-refractivity contribution in [3.63, 3.8) is 0 Å². The molecule has 0 amide bonds. The van der Waals surface area contributed by atoms with E-state index in [0.717, 1.165) is 16.9 Å². The van der Waals surface area contributed by atoms with Gasteiger partial charge in [-0.2, -0.15) is 0 Å². The molecule has 2 rings (SSSR count). The third-order valence-corrected chi connectivity index (χ3v) is 2.82. The summed E-state index contributed by atoms with van der Waals surface area (Å²) in [6.07, 6.45) is 2.76. The zero-order chi connectivity index (χ0) is 13.8. The van der Waals surface area contributed by atoms with Crippen LogP contribution in [0, 0.1) is 12.7 Å². The molecule has 4 heteroatoms. The molecule has 1 atom stereocenters. The average molecular weight is 260 g/mol. The van der Waals surface area contributed by atoms with Crippen molar-refractivity contribution < 1.29 is 9.13 Å². The highest BCUT2D eigenvalue weighted by molar-refractivity contribution is 5.39. The van der Waals surface area contributed by atoms with Gasteiger partial charge in [0.25, 0.3) is 0 Å². The zero-order valence-corrected chi connectivity index (χ0v) is 11.1. The molecule has 1 aromatic carbocycles. The molecule has 1 heterocycles. The fraction of sp³-hybridized carbons (Fsp3) is 0.267. The van der Waals surface area contributed by atoms with Crippen molar-refractivity contribution in [3.8, 4) is 5.75 Å². The Hall–Kier alpha value is -1.94. The van der Waals surface area contributed by atoms with Crippen LogP contribution in [-0.4, -0.2) is 4.98 Å². The fourth-order valence-electron chi connectivity index (χ4n) is 1.84. The minimum Gasteiger partial charge on any atom is -0.488 e. The SMILES string of the molecule is Cc1ccc(C(C)N)c(OCc2cncc(F)c2)c1. The van der Waals surface area contributed by atoms with Gasteiger partial charge in [0.05, 0.1) is 6.20 Å². The third-order valence-electron chi connectivity index (χ3n) is 2.82. The van der Waals surface area contributed by atoms with Gasteiger partial charge in [-0.05, 0) is 31.5 Å². The van der Waals surface area contributed by atoms with Gasteiger partial charge >= 0.3 is 0 Å². The van der Waals surface area contributed by atoms with Crippen LogP contribution >= 0.6 is 0 Å². The first-order valence-electron chi connectivity index (χ1n) is 6.14. The molecule has 0 aliphatic heterocycles. The van der Waals surface area contributed by atoms with E-state index in [4.69, 9.17) is 10.5 Å². The number of halogens is 1. The number of nitrogens with zero attached hydrogens (tertiary/aromatic N) is 1. The van der Waals surface area contributed by atoms with Crippen molar-refractivity contribution >= 4 is 0 Å². The van der Waals surface area contributed by atoms with Gasteiger partial charge < -0.3 is 10.5 Å². The van der Waals surface area contributed by atoms with E-state index >= 15 is 0 Å². The molecule has 0 bridgehead atoms. The largest absolute Gasteiger partial charge is 0.488 e. The van der Waals surface area contributed by atoms with E-state index in [1.807, 2.05) is 32.0 Å². The fourth-order valence-corrected chi connectivity index (χ4v) is 1.84. The highest BCUT2D eigenvalue weighted by atomic mass is 19.1. The number of ether oxygens (including phenoxy) is 1. The van der Waals surface area contributed by atoms with Gasteiger partial charge in [-0.15, -0.1) is 0 Å². The summed E-state index contributed by atoms with van der Waals surface area (Å²) in [6, 6.07) is 7.19. The molecule has 3 nitrogen and oxygen atoms in total. The number of hydrogen-bond donors (Lipinski definition) is 1. The summed E-state index contributed by atoms with van der Waals surface area (Å²) >= 11 is 0. The topological polar surface area (TPSA) is 48.1 Å². The molecule has 0 radical (unpaired) electrons. The lowest BCUT2D eigenvalue weighted by molar-refractivity contribution is 0.300. The second-order valence-corrected chi connectivity index (χ2v) is 4.63. The predicted octanol–water partition coefficient (Wildman–Crippen LogP) is 3.13. The van der Waals surface area contributed by atoms with E-state index in [0.29, 0.717) is 5.56 Å². The zero-order valence-electron chi connectivity index (χ0n) is 11.1. The van der Waals surface area contributed by atoms with Gasteiger partial charge in [0.2, 0.25) is 0 Å². The van der Waals surface area contributed by atoms with Crippen LogP contribution in [-0.2, 0) is 6.61 Å². The van der Waals surface area contributed by atoms with Crippen molar-refractivity contribution in [3.05, 3.63) is 59.2 Å². The normalized spacial score (nSPS) is 12.2. The molecule has 19 heavy (non-hydrogen) atoms. The molecule has 0 saturated carbocycles. The Kier molecular flexibility index (Phi) is 4.12. The summed E-state index contributed by atoms with van der Waals surface area (Å²) < 4.78 is 18.8. The van der Waals surface area contributed by atoms with Crippen LogP contribution in [0.4, 0.5) is 4.39 Å². The van der Waals surface area contributed by atoms with Gasteiger partial charge in [-0.3, -0.25) is 4.98 Å². The van der Waals surface area contributed by atoms with Crippen LogP contribution in [0.5, 0.6) is 5.75 Å². The lowest BCUT2D eigenvalue weighted by atomic mass is 10.1. The maximum absolute atomic E-state index is 13.0. The molecule has 0 saturated heterocycles. The lowest BCUT2D eigenvalue weighted by Gasteiger charge is -2.14. The highest BCUT2D eigenvalue weighted by Gasteiger charge is 2.08. The molecular formula is C15H17FN2O. The minimum absolute atomic E-state index is 0.110. The van der Waals surface area contributed by atoms with E-state index in [-0.39, 0.29) is 18.5 Å². The highest BCUT2D eigenvalue weighted by Crippen LogP contribution is 2.25. The van der Waals surface area contributed by atoms with E-state index in [1.54, 1.807) is 6.20 Å². The number of aryl methyl sites for hydroxylation is 1. The van der Waals surface area contributed by atoms with E-state index < -0.39 is 0 Å². The van der Waals surface area contributed by atoms with Crippen molar-refractivity contribution in [2.45, 2.75) is 26.5 Å². The van der Waals surface area contributed by atoms with Gasteiger partial charge in [0.15, 0.2) is 0 Å². The molecule has 1 aromatic heterocycles. The predicted molar refractivity (Wildman–Crippen MR) is 72.3 cm³/mol. The van der Waals surface area contributed by atoms with Crippen LogP contribution in [0.1, 0.15) is 29.7 Å². The molecule has 0 aliphatic rings. The van der Waals surface area contributed by atoms with Crippen molar-refractivity contribution in [1.82, 2.24) is 4.98 Å². The quantitative estimate of drug-likeness (QED) is 0.918. The van der Waals surface area contributed by atoms with Crippen molar-refractivity contribution in [1.29, 1.82) is 0 Å². The number of rotatable bonds is 4. The molecule has 0 fully saturated rings. The lowest BCUT2D eigenvalue weighted by Crippen LogP contribution is -2.08. The summed E-state index contributed by atoms with van der Waals surface area (Å²) in [7, 11) is 0. The summed E-state index contributed by atoms with van der Waals surface area (Å²) in [5.74, 6) is 0.372. The molecule has 2 N–H and O–H groups in total.